The average Bonchev–Trinajstić information content (AvgIpc) is 3.12. The molecule has 2 amide bonds. The summed E-state index contributed by atoms with van der Waals surface area (Å²) in [7, 11) is 0. The molecule has 12 nitrogen and oxygen atoms in total. The van der Waals surface area contributed by atoms with Crippen LogP contribution in [0.15, 0.2) is 45.2 Å². The van der Waals surface area contributed by atoms with E-state index < -0.39 is 57.0 Å². The van der Waals surface area contributed by atoms with Crippen molar-refractivity contribution in [2.45, 2.75) is 0 Å². The van der Waals surface area contributed by atoms with Gasteiger partial charge in [0.05, 0.1) is 22.3 Å². The van der Waals surface area contributed by atoms with E-state index in [9.17, 15) is 19.8 Å². The van der Waals surface area contributed by atoms with Gasteiger partial charge >= 0.3 is 45.5 Å². The van der Waals surface area contributed by atoms with Crippen molar-refractivity contribution in [1.29, 1.82) is 31.6 Å². The Hall–Kier alpha value is -4.08. The zero-order valence-electron chi connectivity index (χ0n) is 14.0. The number of nitrogens with one attached hydrogen (secondary N) is 2. The van der Waals surface area contributed by atoms with Crippen LogP contribution < -0.4 is 20.8 Å². The van der Waals surface area contributed by atoms with Gasteiger partial charge < -0.3 is 20.8 Å². The Bertz CT molecular complexity index is 1050. The molecule has 0 aromatic carbocycles. The maximum Gasteiger partial charge on any atom is 2.00 e. The summed E-state index contributed by atoms with van der Waals surface area (Å²) >= 11 is 0. The Morgan fingerprint density at radius 1 is 0.655 bits per heavy atom. The molecule has 2 heterocycles. The predicted molar refractivity (Wildman–Crippen MR) is 83.8 cm³/mol. The molecule has 132 valence electrons. The van der Waals surface area contributed by atoms with Crippen molar-refractivity contribution < 1.29 is 19.8 Å². The molecule has 0 unspecified atom stereocenters. The fourth-order valence-corrected chi connectivity index (χ4v) is 1.87. The molecular weight excluding hydrogens is 456 g/mol. The summed E-state index contributed by atoms with van der Waals surface area (Å²) in [6.45, 7) is 0. The zero-order chi connectivity index (χ0) is 21.4. The first kappa shape index (κ1) is 24.9. The number of carbonyl (C=O) groups excluding carboxylic acids is 2. The summed E-state index contributed by atoms with van der Waals surface area (Å²) in [6.07, 6.45) is 0. The van der Waals surface area contributed by atoms with Crippen LogP contribution in [0.4, 0.5) is 0 Å². The number of amides is 2. The van der Waals surface area contributed by atoms with E-state index in [1.165, 1.54) is 36.4 Å². The van der Waals surface area contributed by atoms with E-state index in [0.29, 0.717) is 0 Å². The van der Waals surface area contributed by atoms with Gasteiger partial charge in [-0.1, -0.05) is 0 Å². The summed E-state index contributed by atoms with van der Waals surface area (Å²) in [5.41, 5.74) is -2.94. The van der Waals surface area contributed by atoms with Crippen molar-refractivity contribution >= 4 is 57.3 Å². The van der Waals surface area contributed by atoms with Gasteiger partial charge in [-0.2, -0.15) is 31.6 Å². The van der Waals surface area contributed by atoms with Crippen molar-refractivity contribution in [2.75, 3.05) is 0 Å². The third kappa shape index (κ3) is 5.01. The number of nitrogens with zero attached hydrogens (tertiary/aromatic N) is 6. The molecule has 29 heavy (non-hydrogen) atoms. The standard InChI is InChI=1S/2C8H2N4O2.Sr/c2*9-1-4(2-10)6-5(3-11)7(13)12-8(6)14;/h2*13H,(H,12,14);/q;;+2/p-2. The first-order valence-corrected chi connectivity index (χ1v) is 6.66. The van der Waals surface area contributed by atoms with E-state index in [0.717, 1.165) is 0 Å². The van der Waals surface area contributed by atoms with Crippen LogP contribution in [0.2, 0.25) is 0 Å². The van der Waals surface area contributed by atoms with Gasteiger partial charge in [-0.3, -0.25) is 9.59 Å². The monoisotopic (exact) mass is 458 g/mol. The molecule has 0 aromatic rings. The van der Waals surface area contributed by atoms with Crippen LogP contribution in [0.5, 0.6) is 0 Å². The first-order valence-electron chi connectivity index (χ1n) is 6.66. The largest absolute Gasteiger partial charge is 2.00 e. The molecule has 2 aliphatic heterocycles. The Morgan fingerprint density at radius 2 is 0.931 bits per heavy atom. The Labute approximate surface area is 199 Å². The van der Waals surface area contributed by atoms with Gasteiger partial charge in [-0.15, -0.1) is 0 Å². The average molecular weight is 458 g/mol. The van der Waals surface area contributed by atoms with Gasteiger partial charge in [0.25, 0.3) is 11.8 Å². The number of allylic oxidation sites excluding steroid dienone is 2. The molecule has 0 aliphatic carbocycles. The minimum Gasteiger partial charge on any atom is -0.859 e. The van der Waals surface area contributed by atoms with Crippen LogP contribution in [0, 0.1) is 68.0 Å². The van der Waals surface area contributed by atoms with Crippen LogP contribution in [-0.4, -0.2) is 57.3 Å². The number of hydrogen-bond acceptors (Lipinski definition) is 10. The van der Waals surface area contributed by atoms with E-state index >= 15 is 0 Å². The second-order valence-corrected chi connectivity index (χ2v) is 4.49. The van der Waals surface area contributed by atoms with Gasteiger partial charge in [0.15, 0.2) is 0 Å². The molecule has 13 heteroatoms. The minimum absolute atomic E-state index is 0. The molecule has 0 spiro atoms. The van der Waals surface area contributed by atoms with E-state index in [4.69, 9.17) is 31.6 Å². The zero-order valence-corrected chi connectivity index (χ0v) is 17.5. The van der Waals surface area contributed by atoms with Crippen molar-refractivity contribution in [1.82, 2.24) is 10.6 Å². The minimum atomic E-state index is -0.885. The van der Waals surface area contributed by atoms with E-state index in [-0.39, 0.29) is 45.5 Å². The SMILES string of the molecule is N#CC(C#N)=C1C(=O)NC([O-])=C1C#N.N#CC(C#N)=C1C(=O)NC([O-])=C1C#N.[Sr+2]. The topological polar surface area (TPSA) is 247 Å². The fraction of sp³-hybridized carbons (Fsp3) is 0. The third-order valence-corrected chi connectivity index (χ3v) is 3.03. The smallest absolute Gasteiger partial charge is 0.859 e. The molecule has 0 fully saturated rings. The van der Waals surface area contributed by atoms with Crippen LogP contribution >= 0.6 is 0 Å². The normalized spacial score (nSPS) is 13.6. The summed E-state index contributed by atoms with van der Waals surface area (Å²) < 4.78 is 0. The summed E-state index contributed by atoms with van der Waals surface area (Å²) in [5.74, 6) is -3.53. The molecule has 0 saturated heterocycles. The molecule has 0 atom stereocenters. The molecule has 2 rings (SSSR count). The van der Waals surface area contributed by atoms with Gasteiger partial charge in [0.1, 0.15) is 47.6 Å². The maximum absolute atomic E-state index is 11.0. The van der Waals surface area contributed by atoms with Crippen LogP contribution in [-0.2, 0) is 9.59 Å². The predicted octanol–water partition coefficient (Wildman–Crippen LogP) is -3.27. The summed E-state index contributed by atoms with van der Waals surface area (Å²) in [4.78, 5) is 22.1. The summed E-state index contributed by atoms with van der Waals surface area (Å²) in [5, 5.41) is 76.3. The second-order valence-electron chi connectivity index (χ2n) is 4.49. The maximum atomic E-state index is 11.0. The Morgan fingerprint density at radius 3 is 1.14 bits per heavy atom. The number of nitriles is 6. The molecule has 0 aromatic heterocycles. The molecule has 0 saturated carbocycles. The quantitative estimate of drug-likeness (QED) is 0.208. The molecule has 0 radical (unpaired) electrons. The molecule has 2 N–H and O–H groups in total. The summed E-state index contributed by atoms with van der Waals surface area (Å²) in [6, 6.07) is 8.70. The van der Waals surface area contributed by atoms with Crippen molar-refractivity contribution in [3.8, 4) is 36.4 Å². The molecular formula is C16H2N8O4Sr. The fourth-order valence-electron chi connectivity index (χ4n) is 1.87. The van der Waals surface area contributed by atoms with Crippen molar-refractivity contribution in [3.63, 3.8) is 0 Å². The van der Waals surface area contributed by atoms with Gasteiger partial charge in [0.2, 0.25) is 0 Å². The van der Waals surface area contributed by atoms with Gasteiger partial charge in [-0.25, -0.2) is 0 Å². The Kier molecular flexibility index (Phi) is 9.39. The van der Waals surface area contributed by atoms with Gasteiger partial charge in [0, 0.05) is 0 Å². The number of rotatable bonds is 0. The second kappa shape index (κ2) is 10.9. The number of hydrogen-bond donors (Lipinski definition) is 2. The van der Waals surface area contributed by atoms with E-state index in [1.54, 1.807) is 0 Å². The van der Waals surface area contributed by atoms with Crippen molar-refractivity contribution in [2.24, 2.45) is 0 Å². The van der Waals surface area contributed by atoms with Gasteiger partial charge in [-0.05, 0) is 11.8 Å². The van der Waals surface area contributed by atoms with E-state index in [1.807, 2.05) is 10.6 Å². The number of carbonyl (C=O) groups is 2. The van der Waals surface area contributed by atoms with Crippen LogP contribution in [0.25, 0.3) is 0 Å². The van der Waals surface area contributed by atoms with Crippen molar-refractivity contribution in [3.05, 3.63) is 45.2 Å². The van der Waals surface area contributed by atoms with Crippen LogP contribution in [0.3, 0.4) is 0 Å². The van der Waals surface area contributed by atoms with E-state index in [2.05, 4.69) is 0 Å². The third-order valence-electron chi connectivity index (χ3n) is 3.03. The molecule has 2 aliphatic rings. The Balaban J connectivity index is 0.000000523. The molecule has 0 bridgehead atoms. The first-order chi connectivity index (χ1) is 13.3. The van der Waals surface area contributed by atoms with Crippen LogP contribution in [0.1, 0.15) is 0 Å².